The third-order valence-corrected chi connectivity index (χ3v) is 6.16. The van der Waals surface area contributed by atoms with Gasteiger partial charge in [-0.2, -0.15) is 0 Å². The SMILES string of the molecule is CC1CCN(C(=O)Cn2c(-c3ccncc3)nc3scc(C(=O)O)c3c2=O)CC1. The molecule has 1 amide bonds. The summed E-state index contributed by atoms with van der Waals surface area (Å²) in [5, 5.41) is 10.9. The zero-order valence-corrected chi connectivity index (χ0v) is 16.7. The number of carboxylic acid groups (broad SMARTS) is 1. The van der Waals surface area contributed by atoms with Crippen molar-refractivity contribution in [1.82, 2.24) is 19.4 Å². The average Bonchev–Trinajstić information content (AvgIpc) is 3.15. The molecule has 0 aromatic carbocycles. The molecule has 3 aromatic heterocycles. The first-order valence-corrected chi connectivity index (χ1v) is 10.3. The normalized spacial score (nSPS) is 15.0. The summed E-state index contributed by atoms with van der Waals surface area (Å²) in [7, 11) is 0. The molecule has 29 heavy (non-hydrogen) atoms. The zero-order chi connectivity index (χ0) is 20.5. The predicted molar refractivity (Wildman–Crippen MR) is 109 cm³/mol. The van der Waals surface area contributed by atoms with Gasteiger partial charge >= 0.3 is 5.97 Å². The third-order valence-electron chi connectivity index (χ3n) is 5.29. The number of likely N-dealkylation sites (tertiary alicyclic amines) is 1. The van der Waals surface area contributed by atoms with E-state index in [9.17, 15) is 19.5 Å². The molecule has 1 saturated heterocycles. The fourth-order valence-electron chi connectivity index (χ4n) is 3.54. The van der Waals surface area contributed by atoms with Gasteiger partial charge in [0.2, 0.25) is 5.91 Å². The summed E-state index contributed by atoms with van der Waals surface area (Å²) in [5.41, 5.74) is 0.0419. The van der Waals surface area contributed by atoms with Crippen LogP contribution in [-0.2, 0) is 11.3 Å². The number of carboxylic acids is 1. The minimum absolute atomic E-state index is 0.0420. The topological polar surface area (TPSA) is 105 Å². The monoisotopic (exact) mass is 412 g/mol. The van der Waals surface area contributed by atoms with E-state index >= 15 is 0 Å². The number of amides is 1. The molecule has 0 atom stereocenters. The third kappa shape index (κ3) is 3.65. The molecule has 0 saturated carbocycles. The number of piperidine rings is 1. The van der Waals surface area contributed by atoms with E-state index in [4.69, 9.17) is 0 Å². The number of aromatic nitrogens is 3. The first-order chi connectivity index (χ1) is 14.0. The van der Waals surface area contributed by atoms with Gasteiger partial charge in [-0.3, -0.25) is 19.1 Å². The van der Waals surface area contributed by atoms with Crippen molar-refractivity contribution in [2.24, 2.45) is 5.92 Å². The standard InChI is InChI=1S/C20H20N4O4S/c1-12-4-8-23(9-5-12)15(25)10-24-17(13-2-6-21-7-3-13)22-18-16(19(24)26)14(11-29-18)20(27)28/h2-3,6-7,11-12H,4-5,8-10H2,1H3,(H,27,28). The van der Waals surface area contributed by atoms with Gasteiger partial charge in [-0.1, -0.05) is 6.92 Å². The van der Waals surface area contributed by atoms with Crippen LogP contribution >= 0.6 is 11.3 Å². The highest BCUT2D eigenvalue weighted by molar-refractivity contribution is 7.17. The lowest BCUT2D eigenvalue weighted by Crippen LogP contribution is -2.41. The van der Waals surface area contributed by atoms with Crippen molar-refractivity contribution in [2.75, 3.05) is 13.1 Å². The van der Waals surface area contributed by atoms with E-state index in [-0.39, 0.29) is 23.4 Å². The van der Waals surface area contributed by atoms with E-state index in [2.05, 4.69) is 16.9 Å². The lowest BCUT2D eigenvalue weighted by atomic mass is 9.99. The van der Waals surface area contributed by atoms with Crippen molar-refractivity contribution in [1.29, 1.82) is 0 Å². The second-order valence-electron chi connectivity index (χ2n) is 7.26. The minimum atomic E-state index is -1.19. The molecular formula is C20H20N4O4S. The maximum Gasteiger partial charge on any atom is 0.337 e. The molecule has 3 aromatic rings. The number of hydrogen-bond donors (Lipinski definition) is 1. The molecule has 150 valence electrons. The van der Waals surface area contributed by atoms with Gasteiger partial charge in [-0.05, 0) is 30.9 Å². The van der Waals surface area contributed by atoms with Crippen LogP contribution in [0.2, 0.25) is 0 Å². The first-order valence-electron chi connectivity index (χ1n) is 9.39. The Balaban J connectivity index is 1.82. The summed E-state index contributed by atoms with van der Waals surface area (Å²) < 4.78 is 1.29. The molecule has 1 aliphatic rings. The van der Waals surface area contributed by atoms with E-state index in [0.717, 1.165) is 24.2 Å². The smallest absolute Gasteiger partial charge is 0.337 e. The zero-order valence-electron chi connectivity index (χ0n) is 15.9. The molecule has 9 heteroatoms. The van der Waals surface area contributed by atoms with Crippen LogP contribution < -0.4 is 5.56 Å². The summed E-state index contributed by atoms with van der Waals surface area (Å²) in [6, 6.07) is 3.42. The Labute approximate surface area is 170 Å². The van der Waals surface area contributed by atoms with Gasteiger partial charge in [0.25, 0.3) is 5.56 Å². The van der Waals surface area contributed by atoms with E-state index in [0.29, 0.717) is 35.2 Å². The van der Waals surface area contributed by atoms with Gasteiger partial charge in [-0.15, -0.1) is 11.3 Å². The summed E-state index contributed by atoms with van der Waals surface area (Å²) in [4.78, 5) is 48.3. The van der Waals surface area contributed by atoms with Crippen LogP contribution in [0.3, 0.4) is 0 Å². The van der Waals surface area contributed by atoms with Crippen LogP contribution in [0.1, 0.15) is 30.1 Å². The molecule has 0 unspecified atom stereocenters. The predicted octanol–water partition coefficient (Wildman–Crippen LogP) is 2.48. The Morgan fingerprint density at radius 2 is 1.93 bits per heavy atom. The number of carbonyl (C=O) groups is 2. The highest BCUT2D eigenvalue weighted by Gasteiger charge is 2.25. The molecule has 1 aliphatic heterocycles. The van der Waals surface area contributed by atoms with Gasteiger partial charge in [0.05, 0.1) is 10.9 Å². The summed E-state index contributed by atoms with van der Waals surface area (Å²) in [6.45, 7) is 3.31. The fourth-order valence-corrected chi connectivity index (χ4v) is 4.45. The lowest BCUT2D eigenvalue weighted by Gasteiger charge is -2.30. The highest BCUT2D eigenvalue weighted by Crippen LogP contribution is 2.25. The van der Waals surface area contributed by atoms with Gasteiger partial charge < -0.3 is 10.0 Å². The van der Waals surface area contributed by atoms with E-state index in [1.54, 1.807) is 29.4 Å². The number of nitrogens with zero attached hydrogens (tertiary/aromatic N) is 4. The van der Waals surface area contributed by atoms with E-state index < -0.39 is 11.5 Å². The molecule has 8 nitrogen and oxygen atoms in total. The summed E-state index contributed by atoms with van der Waals surface area (Å²) in [5.74, 6) is -0.434. The second kappa shape index (κ2) is 7.75. The fraction of sp³-hybridized carbons (Fsp3) is 0.350. The maximum absolute atomic E-state index is 13.3. The van der Waals surface area contributed by atoms with Crippen molar-refractivity contribution in [3.05, 3.63) is 45.8 Å². The molecule has 0 aliphatic carbocycles. The minimum Gasteiger partial charge on any atom is -0.478 e. The van der Waals surface area contributed by atoms with Crippen molar-refractivity contribution in [3.63, 3.8) is 0 Å². The Morgan fingerprint density at radius 1 is 1.24 bits per heavy atom. The molecule has 1 N–H and O–H groups in total. The maximum atomic E-state index is 13.3. The van der Waals surface area contributed by atoms with E-state index in [1.807, 2.05) is 0 Å². The van der Waals surface area contributed by atoms with Gasteiger partial charge in [-0.25, -0.2) is 9.78 Å². The van der Waals surface area contributed by atoms with Gasteiger partial charge in [0.15, 0.2) is 0 Å². The van der Waals surface area contributed by atoms with Crippen molar-refractivity contribution in [2.45, 2.75) is 26.3 Å². The second-order valence-corrected chi connectivity index (χ2v) is 8.12. The molecule has 4 rings (SSSR count). The van der Waals surface area contributed by atoms with Crippen LogP contribution in [0, 0.1) is 5.92 Å². The average molecular weight is 412 g/mol. The molecule has 0 spiro atoms. The van der Waals surface area contributed by atoms with Crippen LogP contribution in [0.5, 0.6) is 0 Å². The number of hydrogen-bond acceptors (Lipinski definition) is 6. The number of aromatic carboxylic acids is 1. The Kier molecular flexibility index (Phi) is 5.14. The van der Waals surface area contributed by atoms with Gasteiger partial charge in [0.1, 0.15) is 17.2 Å². The number of pyridine rings is 1. The first kappa shape index (κ1) is 19.3. The summed E-state index contributed by atoms with van der Waals surface area (Å²) in [6.07, 6.45) is 5.04. The van der Waals surface area contributed by atoms with Crippen LogP contribution in [0.25, 0.3) is 21.6 Å². The molecule has 4 heterocycles. The largest absolute Gasteiger partial charge is 0.478 e. The van der Waals surface area contributed by atoms with Crippen molar-refractivity contribution in [3.8, 4) is 11.4 Å². The quantitative estimate of drug-likeness (QED) is 0.706. The molecular weight excluding hydrogens is 392 g/mol. The Morgan fingerprint density at radius 3 is 2.59 bits per heavy atom. The van der Waals surface area contributed by atoms with Gasteiger partial charge in [0, 0.05) is 36.4 Å². The molecule has 1 fully saturated rings. The van der Waals surface area contributed by atoms with Crippen LogP contribution in [0.15, 0.2) is 34.7 Å². The van der Waals surface area contributed by atoms with E-state index in [1.165, 1.54) is 9.95 Å². The van der Waals surface area contributed by atoms with Crippen LogP contribution in [0.4, 0.5) is 0 Å². The number of rotatable bonds is 4. The lowest BCUT2D eigenvalue weighted by molar-refractivity contribution is -0.133. The van der Waals surface area contributed by atoms with Crippen LogP contribution in [-0.4, -0.2) is 49.5 Å². The van der Waals surface area contributed by atoms with Crippen molar-refractivity contribution >= 4 is 33.4 Å². The highest BCUT2D eigenvalue weighted by atomic mass is 32.1. The summed E-state index contributed by atoms with van der Waals surface area (Å²) >= 11 is 1.10. The number of carbonyl (C=O) groups excluding carboxylic acids is 1. The number of fused-ring (bicyclic) bond motifs is 1. The molecule has 0 bridgehead atoms. The number of thiophene rings is 1. The van der Waals surface area contributed by atoms with Crippen molar-refractivity contribution < 1.29 is 14.7 Å². The Bertz CT molecular complexity index is 1130. The Hall–Kier alpha value is -3.07. The molecule has 0 radical (unpaired) electrons.